The van der Waals surface area contributed by atoms with Crippen molar-refractivity contribution >= 4 is 83.9 Å². The molecule has 9 rings (SSSR count). The van der Waals surface area contributed by atoms with Crippen LogP contribution in [0.5, 0.6) is 5.75 Å². The molecule has 372 valence electrons. The Hall–Kier alpha value is -6.14. The van der Waals surface area contributed by atoms with Crippen LogP contribution in [0.2, 0.25) is 20.1 Å². The number of hydrogen-bond donors (Lipinski definition) is 0. The number of fused-ring (bicyclic) bond motifs is 2. The Balaban J connectivity index is 0.000000193. The van der Waals surface area contributed by atoms with Crippen molar-refractivity contribution in [2.45, 2.75) is 38.2 Å². The van der Waals surface area contributed by atoms with Crippen LogP contribution in [-0.4, -0.2) is 46.6 Å². The highest BCUT2D eigenvalue weighted by molar-refractivity contribution is 7.88. The number of aromatic nitrogens is 2. The fourth-order valence-electron chi connectivity index (χ4n) is 8.34. The molecule has 8 aromatic rings. The van der Waals surface area contributed by atoms with E-state index < -0.39 is 50.2 Å². The van der Waals surface area contributed by atoms with Crippen molar-refractivity contribution in [2.75, 3.05) is 13.1 Å². The molecule has 0 saturated heterocycles. The first-order chi connectivity index (χ1) is 33.8. The summed E-state index contributed by atoms with van der Waals surface area (Å²) in [4.78, 5) is 28.5. The summed E-state index contributed by atoms with van der Waals surface area (Å²) in [6, 6.07) is 26.2. The largest absolute Gasteiger partial charge is 0.534 e. The summed E-state index contributed by atoms with van der Waals surface area (Å²) < 4.78 is 126. The minimum atomic E-state index is -6.13. The summed E-state index contributed by atoms with van der Waals surface area (Å²) in [5, 5.41) is 1.30. The molecule has 0 spiro atoms. The summed E-state index contributed by atoms with van der Waals surface area (Å²) in [7, 11) is -6.13. The second-order valence-electron chi connectivity index (χ2n) is 17.3. The standard InChI is InChI=1S/C30H26Cl2F2N2O.C22H10Cl2F5NO4S/c1-30(2,3)35-13-11-18(12-14-35)19-15-23(21-8-7-20(33)17-26(21)34)22-9-10-28(37)36(27(22)16-19)29-24(31)5-4-6-25(29)32;23-16-2-1-3-17(24)21(16)30-19-10-12(34-35(32,33)22(27,28)29)9-15(14(19)6-7-20(30)31)13-5-4-11(25)8-18(13)26/h4-11,15-17H,12-14H2,1-3H3;1-10H. The van der Waals surface area contributed by atoms with Crippen molar-refractivity contribution in [1.29, 1.82) is 0 Å². The highest BCUT2D eigenvalue weighted by atomic mass is 35.5. The van der Waals surface area contributed by atoms with E-state index in [4.69, 9.17) is 46.4 Å². The fraction of sp³-hybridized carbons (Fsp3) is 0.154. The minimum Gasteiger partial charge on any atom is -0.376 e. The fourth-order valence-corrected chi connectivity index (χ4v) is 9.92. The van der Waals surface area contributed by atoms with Crippen LogP contribution in [0.15, 0.2) is 137 Å². The van der Waals surface area contributed by atoms with E-state index >= 15 is 4.39 Å². The Morgan fingerprint density at radius 3 is 1.44 bits per heavy atom. The monoisotopic (exact) mass is 1090 g/mol. The van der Waals surface area contributed by atoms with Crippen molar-refractivity contribution in [2.24, 2.45) is 0 Å². The van der Waals surface area contributed by atoms with E-state index in [1.54, 1.807) is 24.3 Å². The van der Waals surface area contributed by atoms with Crippen LogP contribution in [0.1, 0.15) is 32.8 Å². The van der Waals surface area contributed by atoms with Crippen LogP contribution in [0, 0.1) is 23.3 Å². The maximum atomic E-state index is 15.1. The van der Waals surface area contributed by atoms with E-state index in [9.17, 15) is 44.3 Å². The molecule has 0 amide bonds. The van der Waals surface area contributed by atoms with E-state index in [1.165, 1.54) is 47.0 Å². The molecule has 0 fully saturated rings. The van der Waals surface area contributed by atoms with Crippen LogP contribution in [-0.2, 0) is 10.1 Å². The highest BCUT2D eigenvalue weighted by Crippen LogP contribution is 2.41. The van der Waals surface area contributed by atoms with Crippen LogP contribution in [0.25, 0.3) is 61.0 Å². The molecule has 0 N–H and O–H groups in total. The quantitative estimate of drug-likeness (QED) is 0.0897. The third kappa shape index (κ3) is 10.4. The van der Waals surface area contributed by atoms with Crippen molar-refractivity contribution < 1.29 is 43.3 Å². The molecule has 1 aliphatic rings. The molecule has 3 heterocycles. The number of alkyl halides is 3. The van der Waals surface area contributed by atoms with Gasteiger partial charge >= 0.3 is 15.6 Å². The zero-order valence-electron chi connectivity index (χ0n) is 37.7. The lowest BCUT2D eigenvalue weighted by Crippen LogP contribution is -2.43. The summed E-state index contributed by atoms with van der Waals surface area (Å²) in [6.07, 6.45) is 2.96. The van der Waals surface area contributed by atoms with Crippen LogP contribution in [0.4, 0.5) is 30.7 Å². The molecule has 0 unspecified atom stereocenters. The average Bonchev–Trinajstić information content (AvgIpc) is 3.29. The van der Waals surface area contributed by atoms with Crippen molar-refractivity contribution in [3.8, 4) is 39.4 Å². The Morgan fingerprint density at radius 2 is 1.03 bits per heavy atom. The number of para-hydroxylation sites is 2. The smallest absolute Gasteiger partial charge is 0.376 e. The van der Waals surface area contributed by atoms with Gasteiger partial charge in [0.1, 0.15) is 29.0 Å². The van der Waals surface area contributed by atoms with E-state index in [1.807, 2.05) is 12.1 Å². The molecule has 20 heteroatoms. The Kier molecular flexibility index (Phi) is 14.5. The van der Waals surface area contributed by atoms with Gasteiger partial charge in [-0.25, -0.2) is 17.6 Å². The van der Waals surface area contributed by atoms with Gasteiger partial charge in [-0.3, -0.25) is 23.6 Å². The predicted molar refractivity (Wildman–Crippen MR) is 269 cm³/mol. The molecule has 0 bridgehead atoms. The van der Waals surface area contributed by atoms with E-state index in [0.29, 0.717) is 38.3 Å². The van der Waals surface area contributed by atoms with Gasteiger partial charge in [-0.1, -0.05) is 64.6 Å². The molecule has 1 aliphatic heterocycles. The van der Waals surface area contributed by atoms with Gasteiger partial charge in [0.15, 0.2) is 0 Å². The van der Waals surface area contributed by atoms with Gasteiger partial charge in [0.25, 0.3) is 11.1 Å². The van der Waals surface area contributed by atoms with Gasteiger partial charge in [0.2, 0.25) is 0 Å². The Morgan fingerprint density at radius 1 is 0.569 bits per heavy atom. The van der Waals surface area contributed by atoms with Gasteiger partial charge in [0.05, 0.1) is 42.5 Å². The Bertz CT molecular complexity index is 3720. The maximum Gasteiger partial charge on any atom is 0.534 e. The number of halogens is 11. The number of pyridine rings is 2. The maximum absolute atomic E-state index is 15.1. The molecular weight excluding hydrogens is 1050 g/mol. The topological polar surface area (TPSA) is 90.6 Å². The first-order valence-corrected chi connectivity index (χ1v) is 24.4. The first kappa shape index (κ1) is 52.2. The van der Waals surface area contributed by atoms with E-state index in [-0.39, 0.29) is 54.4 Å². The molecule has 0 radical (unpaired) electrons. The SMILES string of the molecule is CC(C)(C)N1CC=C(c2cc(-c3ccc(F)cc3F)c3ccc(=O)n(-c4c(Cl)cccc4Cl)c3c2)CC1.O=c1ccc2c(-c3ccc(F)cc3F)cc(OS(=O)(=O)C(F)(F)F)cc2n1-c1c(Cl)cccc1Cl. The molecule has 0 saturated carbocycles. The average molecular weight is 1090 g/mol. The van der Waals surface area contributed by atoms with Crippen molar-refractivity contribution in [3.05, 3.63) is 197 Å². The number of benzene rings is 6. The van der Waals surface area contributed by atoms with Crippen molar-refractivity contribution in [3.63, 3.8) is 0 Å². The minimum absolute atomic E-state index is 0.0177. The lowest BCUT2D eigenvalue weighted by Gasteiger charge is -2.37. The van der Waals surface area contributed by atoms with Crippen LogP contribution in [0.3, 0.4) is 0 Å². The number of rotatable bonds is 7. The van der Waals surface area contributed by atoms with Gasteiger partial charge in [0, 0.05) is 70.9 Å². The zero-order valence-corrected chi connectivity index (χ0v) is 41.5. The molecule has 8 nitrogen and oxygen atoms in total. The lowest BCUT2D eigenvalue weighted by atomic mass is 9.91. The van der Waals surface area contributed by atoms with Gasteiger partial charge in [-0.15, -0.1) is 0 Å². The highest BCUT2D eigenvalue weighted by Gasteiger charge is 2.48. The second-order valence-corrected chi connectivity index (χ2v) is 20.5. The summed E-state index contributed by atoms with van der Waals surface area (Å²) in [6.45, 7) is 8.19. The first-order valence-electron chi connectivity index (χ1n) is 21.5. The molecule has 0 aliphatic carbocycles. The molecule has 2 aromatic heterocycles. The van der Waals surface area contributed by atoms with Crippen molar-refractivity contribution in [1.82, 2.24) is 14.0 Å². The summed E-state index contributed by atoms with van der Waals surface area (Å²) in [5.41, 5.74) is -3.89. The van der Waals surface area contributed by atoms with E-state index in [2.05, 4.69) is 35.9 Å². The molecule has 72 heavy (non-hydrogen) atoms. The summed E-state index contributed by atoms with van der Waals surface area (Å²) >= 11 is 25.5. The third-order valence-electron chi connectivity index (χ3n) is 11.8. The van der Waals surface area contributed by atoms with E-state index in [0.717, 1.165) is 71.6 Å². The van der Waals surface area contributed by atoms with Gasteiger partial charge in [-0.05, 0) is 128 Å². The van der Waals surface area contributed by atoms with Gasteiger partial charge in [-0.2, -0.15) is 21.6 Å². The normalized spacial score (nSPS) is 13.5. The second kappa shape index (κ2) is 20.0. The Labute approximate surface area is 426 Å². The van der Waals surface area contributed by atoms with Crippen LogP contribution >= 0.6 is 46.4 Å². The zero-order chi connectivity index (χ0) is 52.2. The molecule has 6 aromatic carbocycles. The molecule has 0 atom stereocenters. The van der Waals surface area contributed by atoms with Gasteiger partial charge < -0.3 is 4.18 Å². The molecular formula is C52H36Cl4F7N3O5S. The third-order valence-corrected chi connectivity index (χ3v) is 14.0. The lowest BCUT2D eigenvalue weighted by molar-refractivity contribution is -0.0500. The summed E-state index contributed by atoms with van der Waals surface area (Å²) in [5.74, 6) is -4.25. The predicted octanol–water partition coefficient (Wildman–Crippen LogP) is 14.6. The van der Waals surface area contributed by atoms with Crippen LogP contribution < -0.4 is 15.3 Å². The number of hydrogen-bond acceptors (Lipinski definition) is 6. The number of nitrogens with zero attached hydrogens (tertiary/aromatic N) is 3.